The Kier molecular flexibility index (Phi) is 2.34. The zero-order chi connectivity index (χ0) is 12.0. The van der Waals surface area contributed by atoms with Gasteiger partial charge >= 0.3 is 0 Å². The van der Waals surface area contributed by atoms with Crippen LogP contribution in [0.5, 0.6) is 0 Å². The van der Waals surface area contributed by atoms with Gasteiger partial charge < -0.3 is 10.3 Å². The number of anilines is 1. The quantitative estimate of drug-likeness (QED) is 0.730. The average molecular weight is 264 g/mol. The van der Waals surface area contributed by atoms with Crippen LogP contribution in [-0.4, -0.2) is 9.55 Å². The van der Waals surface area contributed by atoms with Gasteiger partial charge in [-0.15, -0.1) is 11.3 Å². The molecule has 0 unspecified atom stereocenters. The van der Waals surface area contributed by atoms with E-state index in [0.29, 0.717) is 11.1 Å². The van der Waals surface area contributed by atoms with Crippen molar-refractivity contribution in [2.45, 2.75) is 0 Å². The maximum absolute atomic E-state index is 6.13. The Morgan fingerprint density at radius 2 is 2.12 bits per heavy atom. The number of aromatic nitrogens is 2. The number of benzene rings is 1. The predicted molar refractivity (Wildman–Crippen MR) is 73.4 cm³/mol. The largest absolute Gasteiger partial charge is 0.369 e. The van der Waals surface area contributed by atoms with Crippen LogP contribution in [0.3, 0.4) is 0 Å². The topological polar surface area (TPSA) is 43.8 Å². The molecule has 17 heavy (non-hydrogen) atoms. The molecule has 5 heteroatoms. The van der Waals surface area contributed by atoms with E-state index < -0.39 is 0 Å². The van der Waals surface area contributed by atoms with E-state index in [1.807, 2.05) is 23.7 Å². The van der Waals surface area contributed by atoms with Crippen molar-refractivity contribution < 1.29 is 0 Å². The Labute approximate surface area is 107 Å². The number of thiophene rings is 1. The first-order valence-electron chi connectivity index (χ1n) is 5.13. The summed E-state index contributed by atoms with van der Waals surface area (Å²) in [4.78, 5) is 4.08. The van der Waals surface area contributed by atoms with Gasteiger partial charge in [-0.1, -0.05) is 29.8 Å². The van der Waals surface area contributed by atoms with Gasteiger partial charge in [-0.2, -0.15) is 0 Å². The Bertz CT molecular complexity index is 699. The van der Waals surface area contributed by atoms with Crippen molar-refractivity contribution in [3.05, 3.63) is 34.8 Å². The van der Waals surface area contributed by atoms with E-state index in [9.17, 15) is 0 Å². The normalized spacial score (nSPS) is 11.2. The minimum absolute atomic E-state index is 0.431. The van der Waals surface area contributed by atoms with Gasteiger partial charge in [0.05, 0.1) is 5.69 Å². The molecule has 1 aromatic carbocycles. The third-order valence-electron chi connectivity index (χ3n) is 2.82. The van der Waals surface area contributed by atoms with E-state index in [2.05, 4.69) is 22.5 Å². The summed E-state index contributed by atoms with van der Waals surface area (Å²) >= 11 is 7.83. The van der Waals surface area contributed by atoms with Crippen molar-refractivity contribution in [3.8, 4) is 11.3 Å². The Morgan fingerprint density at radius 3 is 2.82 bits per heavy atom. The van der Waals surface area contributed by atoms with Crippen molar-refractivity contribution in [2.75, 3.05) is 5.73 Å². The van der Waals surface area contributed by atoms with Gasteiger partial charge in [0.15, 0.2) is 5.15 Å². The first-order chi connectivity index (χ1) is 8.18. The molecule has 0 fully saturated rings. The summed E-state index contributed by atoms with van der Waals surface area (Å²) in [5.74, 6) is 0.431. The van der Waals surface area contributed by atoms with Crippen molar-refractivity contribution in [1.29, 1.82) is 0 Å². The SMILES string of the molecule is Cn1c(N)nc(Cl)c1-c1csc2ccccc12. The van der Waals surface area contributed by atoms with E-state index in [1.54, 1.807) is 11.3 Å². The average Bonchev–Trinajstić information content (AvgIpc) is 2.82. The molecule has 0 saturated carbocycles. The molecule has 2 N–H and O–H groups in total. The fourth-order valence-corrected chi connectivity index (χ4v) is 3.20. The van der Waals surface area contributed by atoms with Crippen molar-refractivity contribution in [1.82, 2.24) is 9.55 Å². The molecule has 0 spiro atoms. The fraction of sp³-hybridized carbons (Fsp3) is 0.0833. The summed E-state index contributed by atoms with van der Waals surface area (Å²) in [7, 11) is 1.87. The molecule has 3 aromatic rings. The van der Waals surface area contributed by atoms with Crippen LogP contribution in [-0.2, 0) is 7.05 Å². The molecule has 0 amide bonds. The van der Waals surface area contributed by atoms with Gasteiger partial charge in [0.2, 0.25) is 5.95 Å². The Balaban J connectivity index is 2.35. The van der Waals surface area contributed by atoms with Crippen LogP contribution in [0.15, 0.2) is 29.6 Å². The summed E-state index contributed by atoms with van der Waals surface area (Å²) in [5.41, 5.74) is 7.72. The highest BCUT2D eigenvalue weighted by Crippen LogP contribution is 2.37. The van der Waals surface area contributed by atoms with E-state index in [1.165, 1.54) is 10.1 Å². The van der Waals surface area contributed by atoms with Gasteiger partial charge in [-0.05, 0) is 6.07 Å². The summed E-state index contributed by atoms with van der Waals surface area (Å²) in [6, 6.07) is 8.23. The number of nitrogens with two attached hydrogens (primary N) is 1. The maximum Gasteiger partial charge on any atom is 0.201 e. The van der Waals surface area contributed by atoms with Crippen LogP contribution >= 0.6 is 22.9 Å². The minimum atomic E-state index is 0.431. The lowest BCUT2D eigenvalue weighted by atomic mass is 10.1. The number of hydrogen-bond donors (Lipinski definition) is 1. The van der Waals surface area contributed by atoms with Crippen molar-refractivity contribution in [2.24, 2.45) is 7.05 Å². The second kappa shape index (κ2) is 3.75. The highest BCUT2D eigenvalue weighted by molar-refractivity contribution is 7.17. The number of halogens is 1. The molecule has 0 saturated heterocycles. The van der Waals surface area contributed by atoms with E-state index in [4.69, 9.17) is 17.3 Å². The lowest BCUT2D eigenvalue weighted by Crippen LogP contribution is -1.98. The molecule has 0 radical (unpaired) electrons. The summed E-state index contributed by atoms with van der Waals surface area (Å²) in [6.07, 6.45) is 0. The van der Waals surface area contributed by atoms with Crippen LogP contribution in [0.2, 0.25) is 5.15 Å². The molecule has 0 atom stereocenters. The third-order valence-corrected chi connectivity index (χ3v) is 4.05. The molecule has 86 valence electrons. The molecule has 3 rings (SSSR count). The molecular weight excluding hydrogens is 254 g/mol. The first-order valence-corrected chi connectivity index (χ1v) is 6.38. The molecule has 3 nitrogen and oxygen atoms in total. The number of nitrogen functional groups attached to an aromatic ring is 1. The van der Waals surface area contributed by atoms with Gasteiger partial charge in [0, 0.05) is 28.1 Å². The molecule has 0 aliphatic carbocycles. The van der Waals surface area contributed by atoms with Crippen LogP contribution in [0.4, 0.5) is 5.95 Å². The smallest absolute Gasteiger partial charge is 0.201 e. The van der Waals surface area contributed by atoms with Crippen molar-refractivity contribution >= 4 is 39.0 Å². The van der Waals surface area contributed by atoms with E-state index in [0.717, 1.165) is 11.3 Å². The van der Waals surface area contributed by atoms with Crippen molar-refractivity contribution in [3.63, 3.8) is 0 Å². The Hall–Kier alpha value is -1.52. The lowest BCUT2D eigenvalue weighted by Gasteiger charge is -2.02. The predicted octanol–water partition coefficient (Wildman–Crippen LogP) is 3.54. The zero-order valence-corrected chi connectivity index (χ0v) is 10.7. The molecule has 0 bridgehead atoms. The minimum Gasteiger partial charge on any atom is -0.369 e. The molecule has 2 aromatic heterocycles. The van der Waals surface area contributed by atoms with Gasteiger partial charge in [-0.3, -0.25) is 0 Å². The Morgan fingerprint density at radius 1 is 1.35 bits per heavy atom. The first kappa shape index (κ1) is 10.6. The summed E-state index contributed by atoms with van der Waals surface area (Å²) in [6.45, 7) is 0. The fourth-order valence-electron chi connectivity index (χ4n) is 1.93. The number of fused-ring (bicyclic) bond motifs is 1. The monoisotopic (exact) mass is 263 g/mol. The van der Waals surface area contributed by atoms with Crippen LogP contribution in [0.1, 0.15) is 0 Å². The molecular formula is C12H10ClN3S. The number of imidazole rings is 1. The number of nitrogens with zero attached hydrogens (tertiary/aromatic N) is 2. The maximum atomic E-state index is 6.13. The van der Waals surface area contributed by atoms with Crippen LogP contribution < -0.4 is 5.73 Å². The summed E-state index contributed by atoms with van der Waals surface area (Å²) in [5, 5.41) is 3.73. The lowest BCUT2D eigenvalue weighted by molar-refractivity contribution is 0.939. The number of rotatable bonds is 1. The molecule has 2 heterocycles. The summed E-state index contributed by atoms with van der Waals surface area (Å²) < 4.78 is 3.05. The molecule has 0 aliphatic heterocycles. The molecule has 0 aliphatic rings. The van der Waals surface area contributed by atoms with Gasteiger partial charge in [0.25, 0.3) is 0 Å². The third kappa shape index (κ3) is 1.52. The van der Waals surface area contributed by atoms with E-state index in [-0.39, 0.29) is 0 Å². The van der Waals surface area contributed by atoms with Gasteiger partial charge in [-0.25, -0.2) is 4.98 Å². The highest BCUT2D eigenvalue weighted by atomic mass is 35.5. The van der Waals surface area contributed by atoms with Gasteiger partial charge in [0.1, 0.15) is 0 Å². The highest BCUT2D eigenvalue weighted by Gasteiger charge is 2.16. The standard InChI is InChI=1S/C12H10ClN3S/c1-16-10(11(13)15-12(16)14)8-6-17-9-5-3-2-4-7(8)9/h2-6H,1H3,(H2,14,15). The van der Waals surface area contributed by atoms with E-state index >= 15 is 0 Å². The van der Waals surface area contributed by atoms with Crippen LogP contribution in [0.25, 0.3) is 21.3 Å². The second-order valence-corrected chi connectivity index (χ2v) is 5.08. The number of hydrogen-bond acceptors (Lipinski definition) is 3. The zero-order valence-electron chi connectivity index (χ0n) is 9.14. The second-order valence-electron chi connectivity index (χ2n) is 3.81. The van der Waals surface area contributed by atoms with Crippen LogP contribution in [0, 0.1) is 0 Å².